The van der Waals surface area contributed by atoms with Gasteiger partial charge in [0.25, 0.3) is 5.91 Å². The van der Waals surface area contributed by atoms with Crippen LogP contribution in [0.15, 0.2) is 59.8 Å². The highest BCUT2D eigenvalue weighted by molar-refractivity contribution is 8.02. The van der Waals surface area contributed by atoms with Gasteiger partial charge in [0.15, 0.2) is 29.3 Å². The van der Waals surface area contributed by atoms with Crippen molar-refractivity contribution in [2.75, 3.05) is 32.0 Å². The summed E-state index contributed by atoms with van der Waals surface area (Å²) in [6.45, 7) is 2.24. The third-order valence-electron chi connectivity index (χ3n) is 8.26. The number of rotatable bonds is 16. The van der Waals surface area contributed by atoms with Crippen LogP contribution in [-0.4, -0.2) is 80.3 Å². The number of esters is 1. The van der Waals surface area contributed by atoms with Crippen molar-refractivity contribution in [3.63, 3.8) is 0 Å². The average molecular weight is 862 g/mol. The predicted octanol–water partition coefficient (Wildman–Crippen LogP) is 5.86. The van der Waals surface area contributed by atoms with Gasteiger partial charge in [0, 0.05) is 42.9 Å². The maximum atomic E-state index is 14.0. The number of carbonyl (C=O) groups excluding carboxylic acids is 3. The molecule has 1 saturated heterocycles. The van der Waals surface area contributed by atoms with Crippen LogP contribution < -0.4 is 24.8 Å². The Hall–Kier alpha value is -4.10. The second-order valence-corrected chi connectivity index (χ2v) is 17.7. The molecule has 5 rings (SSSR count). The van der Waals surface area contributed by atoms with Crippen LogP contribution in [0.2, 0.25) is 10.0 Å². The maximum absolute atomic E-state index is 14.0. The molecule has 2 amide bonds. The first-order valence-corrected chi connectivity index (χ1v) is 20.6. The Morgan fingerprint density at radius 1 is 1.04 bits per heavy atom. The minimum absolute atomic E-state index is 0.0179. The molecule has 2 unspecified atom stereocenters. The second kappa shape index (κ2) is 18.4. The SMILES string of the molecule is CC(C)(C)OC(=O)NCCNC(=O)c1cccc(S(=O)(=O)N2CCSC2C(=O)OC(Cc2c(Cl)c[n+]([O-])cc2Cl)c2ccc(OC(F)F)c(OCC3CC3)c2)c1. The average Bonchev–Trinajstić information content (AvgIpc) is 3.81. The molecule has 2 atom stereocenters. The molecule has 1 aliphatic heterocycles. The number of sulfonamides is 1. The fourth-order valence-electron chi connectivity index (χ4n) is 5.44. The van der Waals surface area contributed by atoms with E-state index in [4.69, 9.17) is 37.4 Å². The summed E-state index contributed by atoms with van der Waals surface area (Å²) < 4.78 is 77.5. The van der Waals surface area contributed by atoms with E-state index in [2.05, 4.69) is 15.4 Å². The number of carbonyl (C=O) groups is 3. The van der Waals surface area contributed by atoms with Gasteiger partial charge in [-0.05, 0) is 75.4 Å². The van der Waals surface area contributed by atoms with Crippen molar-refractivity contribution in [1.82, 2.24) is 14.9 Å². The number of hydrogen-bond donors (Lipinski definition) is 2. The molecule has 0 radical (unpaired) electrons. The normalized spacial score (nSPS) is 16.6. The number of nitrogens with one attached hydrogen (secondary N) is 2. The minimum atomic E-state index is -4.38. The van der Waals surface area contributed by atoms with Gasteiger partial charge in [-0.15, -0.1) is 11.8 Å². The van der Waals surface area contributed by atoms with Crippen molar-refractivity contribution in [2.24, 2.45) is 5.92 Å². The van der Waals surface area contributed by atoms with Crippen molar-refractivity contribution in [2.45, 2.75) is 68.6 Å². The van der Waals surface area contributed by atoms with E-state index in [0.29, 0.717) is 4.73 Å². The third kappa shape index (κ3) is 11.7. The first-order chi connectivity index (χ1) is 26.4. The van der Waals surface area contributed by atoms with Crippen molar-refractivity contribution in [3.8, 4) is 11.5 Å². The molecule has 0 spiro atoms. The topological polar surface area (TPSA) is 177 Å². The first-order valence-electron chi connectivity index (χ1n) is 17.4. The number of pyridine rings is 1. The fourth-order valence-corrected chi connectivity index (χ4v) is 9.13. The highest BCUT2D eigenvalue weighted by Crippen LogP contribution is 2.39. The Balaban J connectivity index is 1.35. The van der Waals surface area contributed by atoms with Crippen molar-refractivity contribution >= 4 is 63.0 Å². The number of hydrogen-bond acceptors (Lipinski definition) is 11. The zero-order valence-corrected chi connectivity index (χ0v) is 33.6. The van der Waals surface area contributed by atoms with Crippen molar-refractivity contribution < 1.29 is 55.3 Å². The molecule has 2 aliphatic rings. The van der Waals surface area contributed by atoms with Gasteiger partial charge in [-0.3, -0.25) is 4.79 Å². The lowest BCUT2D eigenvalue weighted by molar-refractivity contribution is -0.605. The van der Waals surface area contributed by atoms with Crippen molar-refractivity contribution in [3.05, 3.63) is 86.8 Å². The van der Waals surface area contributed by atoms with Crippen LogP contribution in [0.25, 0.3) is 0 Å². The molecular formula is C36H40Cl2F2N4O10S2. The Bertz CT molecular complexity index is 2010. The van der Waals surface area contributed by atoms with Gasteiger partial charge in [-0.25, -0.2) is 18.0 Å². The van der Waals surface area contributed by atoms with Gasteiger partial charge < -0.3 is 34.8 Å². The molecule has 0 bridgehead atoms. The van der Waals surface area contributed by atoms with E-state index < -0.39 is 51.7 Å². The van der Waals surface area contributed by atoms with Gasteiger partial charge in [0.1, 0.15) is 21.8 Å². The summed E-state index contributed by atoms with van der Waals surface area (Å²) in [5.41, 5.74) is -0.196. The molecule has 56 heavy (non-hydrogen) atoms. The Labute approximate surface area is 336 Å². The standard InChI is InChI=1S/C36H40Cl2F2N4O10S2/c1-36(2,3)54-35(47)42-12-11-41-31(45)23-5-4-6-24(15-23)56(49,50)44-13-14-55-32(44)33(46)52-29(17-25-26(37)18-43(48)19-27(25)38)22-9-10-28(53-34(39)40)30(16-22)51-20-21-7-8-21/h4-6,9-10,15-16,18-19,21,29,32,34H,7-8,11-14,17,20H2,1-3H3,(H,41,45)(H,42,47). The van der Waals surface area contributed by atoms with Crippen LogP contribution in [0.1, 0.15) is 61.2 Å². The van der Waals surface area contributed by atoms with Crippen LogP contribution in [0, 0.1) is 11.1 Å². The molecular weight excluding hydrogens is 821 g/mol. The number of ether oxygens (including phenoxy) is 4. The smallest absolute Gasteiger partial charge is 0.407 e. The van der Waals surface area contributed by atoms with Gasteiger partial charge >= 0.3 is 18.7 Å². The maximum Gasteiger partial charge on any atom is 0.407 e. The molecule has 20 heteroatoms. The lowest BCUT2D eigenvalue weighted by Crippen LogP contribution is -2.41. The molecule has 14 nitrogen and oxygen atoms in total. The van der Waals surface area contributed by atoms with Crippen LogP contribution in [-0.2, 0) is 30.7 Å². The molecule has 2 fully saturated rings. The number of alkyl carbamates (subject to hydrolysis) is 1. The molecule has 304 valence electrons. The fraction of sp³-hybridized carbons (Fsp3) is 0.444. The summed E-state index contributed by atoms with van der Waals surface area (Å²) in [6, 6.07) is 9.28. The van der Waals surface area contributed by atoms with Gasteiger partial charge in [0.05, 0.1) is 11.5 Å². The predicted molar refractivity (Wildman–Crippen MR) is 202 cm³/mol. The molecule has 3 aromatic rings. The summed E-state index contributed by atoms with van der Waals surface area (Å²) in [6.07, 6.45) is 1.86. The number of nitrogens with zero attached hydrogens (tertiary/aromatic N) is 2. The lowest BCUT2D eigenvalue weighted by atomic mass is 10.0. The van der Waals surface area contributed by atoms with E-state index in [9.17, 15) is 36.8 Å². The van der Waals surface area contributed by atoms with E-state index in [1.54, 1.807) is 20.8 Å². The number of alkyl halides is 2. The van der Waals surface area contributed by atoms with Crippen molar-refractivity contribution in [1.29, 1.82) is 0 Å². The monoisotopic (exact) mass is 860 g/mol. The van der Waals surface area contributed by atoms with E-state index in [1.165, 1.54) is 42.5 Å². The molecule has 2 N–H and O–H groups in total. The van der Waals surface area contributed by atoms with Gasteiger partial charge in [-0.2, -0.15) is 17.8 Å². The summed E-state index contributed by atoms with van der Waals surface area (Å²) >= 11 is 13.8. The Morgan fingerprint density at radius 3 is 2.39 bits per heavy atom. The molecule has 1 aromatic heterocycles. The van der Waals surface area contributed by atoms with Crippen LogP contribution in [0.4, 0.5) is 13.6 Å². The van der Waals surface area contributed by atoms with E-state index in [1.807, 2.05) is 0 Å². The number of aromatic nitrogens is 1. The third-order valence-corrected chi connectivity index (χ3v) is 12.1. The second-order valence-electron chi connectivity index (χ2n) is 13.8. The Kier molecular flexibility index (Phi) is 14.2. The largest absolute Gasteiger partial charge is 0.619 e. The Morgan fingerprint density at radius 2 is 1.73 bits per heavy atom. The quantitative estimate of drug-likeness (QED) is 0.0764. The zero-order valence-electron chi connectivity index (χ0n) is 30.5. The zero-order chi connectivity index (χ0) is 40.8. The van der Waals surface area contributed by atoms with E-state index in [0.717, 1.165) is 41.3 Å². The molecule has 1 saturated carbocycles. The lowest BCUT2D eigenvalue weighted by Gasteiger charge is -2.26. The number of benzene rings is 2. The molecule has 1 aliphatic carbocycles. The summed E-state index contributed by atoms with van der Waals surface area (Å²) in [7, 11) is -4.38. The molecule has 2 aromatic carbocycles. The summed E-state index contributed by atoms with van der Waals surface area (Å²) in [4.78, 5) is 38.5. The van der Waals surface area contributed by atoms with Gasteiger partial charge in [-0.1, -0.05) is 35.3 Å². The van der Waals surface area contributed by atoms with E-state index in [-0.39, 0.29) is 87.5 Å². The van der Waals surface area contributed by atoms with Crippen LogP contribution >= 0.6 is 35.0 Å². The minimum Gasteiger partial charge on any atom is -0.619 e. The number of amides is 2. The van der Waals surface area contributed by atoms with E-state index >= 15 is 0 Å². The van der Waals surface area contributed by atoms with Crippen LogP contribution in [0.5, 0.6) is 11.5 Å². The number of thioether (sulfide) groups is 1. The summed E-state index contributed by atoms with van der Waals surface area (Å²) in [5.74, 6) is -1.34. The highest BCUT2D eigenvalue weighted by Gasteiger charge is 2.42. The highest BCUT2D eigenvalue weighted by atomic mass is 35.5. The van der Waals surface area contributed by atoms with Crippen LogP contribution in [0.3, 0.4) is 0 Å². The first kappa shape index (κ1) is 43.0. The van der Waals surface area contributed by atoms with Gasteiger partial charge in [0.2, 0.25) is 10.0 Å². The number of halogens is 4. The summed E-state index contributed by atoms with van der Waals surface area (Å²) in [5, 5.41) is 15.6. The molecule has 2 heterocycles.